The van der Waals surface area contributed by atoms with Gasteiger partial charge in [0.25, 0.3) is 0 Å². The number of alkyl halides is 3. The van der Waals surface area contributed by atoms with Gasteiger partial charge >= 0.3 is 6.18 Å². The third kappa shape index (κ3) is 3.94. The van der Waals surface area contributed by atoms with Crippen LogP contribution in [0.15, 0.2) is 5.16 Å². The van der Waals surface area contributed by atoms with Gasteiger partial charge in [0.05, 0.1) is 0 Å². The Kier molecular flexibility index (Phi) is 4.92. The van der Waals surface area contributed by atoms with E-state index in [-0.39, 0.29) is 16.9 Å². The van der Waals surface area contributed by atoms with E-state index in [0.717, 1.165) is 0 Å². The first-order valence-corrected chi connectivity index (χ1v) is 6.24. The van der Waals surface area contributed by atoms with Crippen LogP contribution in [0.25, 0.3) is 0 Å². The molecule has 0 fully saturated rings. The van der Waals surface area contributed by atoms with Crippen LogP contribution in [0, 0.1) is 5.92 Å². The predicted octanol–water partition coefficient (Wildman–Crippen LogP) is 1.77. The topological polar surface area (TPSA) is 87.6 Å². The minimum absolute atomic E-state index is 0.0130. The van der Waals surface area contributed by atoms with Crippen LogP contribution >= 0.6 is 11.3 Å². The highest BCUT2D eigenvalue weighted by Crippen LogP contribution is 2.34. The normalized spacial score (nSPS) is 14.5. The van der Waals surface area contributed by atoms with Gasteiger partial charge in [0.1, 0.15) is 5.84 Å². The molecule has 108 valence electrons. The molecule has 0 aromatic carbocycles. The minimum Gasteiger partial charge on any atom is -0.409 e. The summed E-state index contributed by atoms with van der Waals surface area (Å²) in [5.41, 5.74) is 5.43. The van der Waals surface area contributed by atoms with E-state index in [2.05, 4.69) is 15.4 Å². The van der Waals surface area contributed by atoms with Crippen molar-refractivity contribution in [2.24, 2.45) is 16.8 Å². The molecule has 1 atom stereocenters. The Morgan fingerprint density at radius 1 is 1.53 bits per heavy atom. The van der Waals surface area contributed by atoms with Gasteiger partial charge in [0.2, 0.25) is 10.1 Å². The van der Waals surface area contributed by atoms with Gasteiger partial charge < -0.3 is 15.8 Å². The minimum atomic E-state index is -4.49. The summed E-state index contributed by atoms with van der Waals surface area (Å²) in [7, 11) is 0. The lowest BCUT2D eigenvalue weighted by atomic mass is 10.1. The summed E-state index contributed by atoms with van der Waals surface area (Å²) in [5, 5.41) is 17.2. The number of oxime groups is 1. The van der Waals surface area contributed by atoms with E-state index < -0.39 is 11.2 Å². The van der Waals surface area contributed by atoms with Crippen LogP contribution in [0.4, 0.5) is 18.3 Å². The van der Waals surface area contributed by atoms with Gasteiger partial charge in [0, 0.05) is 19.0 Å². The molecule has 1 aromatic rings. The van der Waals surface area contributed by atoms with Gasteiger partial charge in [0.15, 0.2) is 0 Å². The third-order valence-electron chi connectivity index (χ3n) is 2.42. The molecule has 0 aliphatic carbocycles. The molecule has 0 spiro atoms. The molecule has 0 amide bonds. The van der Waals surface area contributed by atoms with Crippen molar-refractivity contribution >= 4 is 22.3 Å². The lowest BCUT2D eigenvalue weighted by Crippen LogP contribution is -2.34. The molecule has 1 heterocycles. The zero-order valence-corrected chi connectivity index (χ0v) is 11.2. The highest BCUT2D eigenvalue weighted by Gasteiger charge is 2.36. The third-order valence-corrected chi connectivity index (χ3v) is 3.45. The van der Waals surface area contributed by atoms with Gasteiger partial charge in [-0.1, -0.05) is 23.4 Å². The number of hydrogen-bond donors (Lipinski definition) is 2. The lowest BCUT2D eigenvalue weighted by molar-refractivity contribution is -0.138. The molecular weight excluding hydrogens is 283 g/mol. The predicted molar refractivity (Wildman–Crippen MR) is 65.4 cm³/mol. The van der Waals surface area contributed by atoms with E-state index in [9.17, 15) is 13.2 Å². The van der Waals surface area contributed by atoms with E-state index in [0.29, 0.717) is 24.4 Å². The summed E-state index contributed by atoms with van der Waals surface area (Å²) in [6.07, 6.45) is -4.49. The van der Waals surface area contributed by atoms with E-state index in [1.54, 1.807) is 18.7 Å². The van der Waals surface area contributed by atoms with Gasteiger partial charge in [-0.2, -0.15) is 13.2 Å². The first-order valence-electron chi connectivity index (χ1n) is 5.42. The van der Waals surface area contributed by atoms with Crippen molar-refractivity contribution in [3.63, 3.8) is 0 Å². The fourth-order valence-corrected chi connectivity index (χ4v) is 2.11. The average molecular weight is 297 g/mol. The van der Waals surface area contributed by atoms with Crippen molar-refractivity contribution in [2.45, 2.75) is 20.0 Å². The molecule has 6 nitrogen and oxygen atoms in total. The quantitative estimate of drug-likeness (QED) is 0.374. The molecule has 19 heavy (non-hydrogen) atoms. The summed E-state index contributed by atoms with van der Waals surface area (Å²) in [6.45, 7) is 4.20. The van der Waals surface area contributed by atoms with Gasteiger partial charge in [-0.05, 0) is 6.92 Å². The maximum atomic E-state index is 12.4. The van der Waals surface area contributed by atoms with Crippen LogP contribution in [-0.4, -0.2) is 34.3 Å². The second-order valence-electron chi connectivity index (χ2n) is 3.85. The highest BCUT2D eigenvalue weighted by molar-refractivity contribution is 7.15. The SMILES string of the molecule is CCN(CC(C)C(N)=NO)c1nnc(C(F)(F)F)s1. The van der Waals surface area contributed by atoms with E-state index >= 15 is 0 Å². The fourth-order valence-electron chi connectivity index (χ4n) is 1.32. The van der Waals surface area contributed by atoms with E-state index in [1.807, 2.05) is 0 Å². The molecular formula is C9H14F3N5OS. The Morgan fingerprint density at radius 2 is 2.16 bits per heavy atom. The Balaban J connectivity index is 2.84. The molecule has 1 aromatic heterocycles. The molecule has 1 unspecified atom stereocenters. The lowest BCUT2D eigenvalue weighted by Gasteiger charge is -2.22. The number of hydrogen-bond acceptors (Lipinski definition) is 6. The van der Waals surface area contributed by atoms with Crippen molar-refractivity contribution in [2.75, 3.05) is 18.0 Å². The Bertz CT molecular complexity index is 447. The zero-order valence-electron chi connectivity index (χ0n) is 10.3. The highest BCUT2D eigenvalue weighted by atomic mass is 32.1. The van der Waals surface area contributed by atoms with Crippen molar-refractivity contribution in [3.05, 3.63) is 5.01 Å². The van der Waals surface area contributed by atoms with Crippen molar-refractivity contribution in [3.8, 4) is 0 Å². The van der Waals surface area contributed by atoms with Crippen LogP contribution in [0.3, 0.4) is 0 Å². The standard InChI is InChI=1S/C9H14F3N5OS/c1-3-17(4-5(2)6(13)16-18)8-15-14-7(19-8)9(10,11)12/h5,18H,3-4H2,1-2H3,(H2,13,16). The summed E-state index contributed by atoms with van der Waals surface area (Å²) in [6, 6.07) is 0. The smallest absolute Gasteiger partial charge is 0.409 e. The molecule has 0 aliphatic heterocycles. The summed E-state index contributed by atoms with van der Waals surface area (Å²) >= 11 is 0.469. The first-order chi connectivity index (χ1) is 8.79. The number of anilines is 1. The van der Waals surface area contributed by atoms with Gasteiger partial charge in [-0.25, -0.2) is 0 Å². The number of amidine groups is 1. The summed E-state index contributed by atoms with van der Waals surface area (Å²) < 4.78 is 37.3. The molecule has 1 rings (SSSR count). The Labute approximate surface area is 111 Å². The molecule has 0 saturated carbocycles. The van der Waals surface area contributed by atoms with E-state index in [4.69, 9.17) is 10.9 Å². The molecule has 0 bridgehead atoms. The molecule has 3 N–H and O–H groups in total. The maximum absolute atomic E-state index is 12.4. The number of rotatable bonds is 5. The fraction of sp³-hybridized carbons (Fsp3) is 0.667. The second kappa shape index (κ2) is 6.04. The molecule has 0 radical (unpaired) electrons. The number of nitrogens with zero attached hydrogens (tertiary/aromatic N) is 4. The molecule has 0 saturated heterocycles. The summed E-state index contributed by atoms with van der Waals surface area (Å²) in [5.74, 6) is -0.304. The molecule has 0 aliphatic rings. The van der Waals surface area contributed by atoms with Crippen molar-refractivity contribution in [1.82, 2.24) is 10.2 Å². The number of nitrogens with two attached hydrogens (primary N) is 1. The van der Waals surface area contributed by atoms with Crippen LogP contribution in [-0.2, 0) is 6.18 Å². The summed E-state index contributed by atoms with van der Waals surface area (Å²) in [4.78, 5) is 1.59. The van der Waals surface area contributed by atoms with Crippen LogP contribution < -0.4 is 10.6 Å². The molecule has 10 heteroatoms. The average Bonchev–Trinajstić information content (AvgIpc) is 2.83. The Hall–Kier alpha value is -1.58. The maximum Gasteiger partial charge on any atom is 0.445 e. The van der Waals surface area contributed by atoms with Gasteiger partial charge in [-0.15, -0.1) is 10.2 Å². The van der Waals surface area contributed by atoms with Gasteiger partial charge in [-0.3, -0.25) is 0 Å². The Morgan fingerprint density at radius 3 is 2.58 bits per heavy atom. The second-order valence-corrected chi connectivity index (χ2v) is 4.81. The number of halogens is 3. The van der Waals surface area contributed by atoms with Crippen LogP contribution in [0.5, 0.6) is 0 Å². The first kappa shape index (κ1) is 15.5. The van der Waals surface area contributed by atoms with Crippen LogP contribution in [0.2, 0.25) is 0 Å². The van der Waals surface area contributed by atoms with Crippen molar-refractivity contribution in [1.29, 1.82) is 0 Å². The number of aromatic nitrogens is 2. The largest absolute Gasteiger partial charge is 0.445 e. The van der Waals surface area contributed by atoms with Crippen LogP contribution in [0.1, 0.15) is 18.9 Å². The zero-order chi connectivity index (χ0) is 14.6. The van der Waals surface area contributed by atoms with Crippen molar-refractivity contribution < 1.29 is 18.4 Å². The van der Waals surface area contributed by atoms with E-state index in [1.165, 1.54) is 0 Å². The monoisotopic (exact) mass is 297 g/mol.